The lowest BCUT2D eigenvalue weighted by atomic mass is 10.1. The Hall–Kier alpha value is -2.20. The van der Waals surface area contributed by atoms with Crippen molar-refractivity contribution in [1.29, 1.82) is 0 Å². The maximum absolute atomic E-state index is 5.88. The molecule has 0 amide bonds. The van der Waals surface area contributed by atoms with Gasteiger partial charge in [-0.05, 0) is 19.9 Å². The molecule has 2 heterocycles. The van der Waals surface area contributed by atoms with Gasteiger partial charge in [0.15, 0.2) is 5.82 Å². The van der Waals surface area contributed by atoms with E-state index in [0.29, 0.717) is 5.82 Å². The van der Waals surface area contributed by atoms with Crippen molar-refractivity contribution in [3.63, 3.8) is 0 Å². The third-order valence-electron chi connectivity index (χ3n) is 3.23. The molecule has 0 aliphatic rings. The normalized spacial score (nSPS) is 12.8. The number of fused-ring (bicyclic) bond motifs is 1. The van der Waals surface area contributed by atoms with Gasteiger partial charge in [0.1, 0.15) is 11.8 Å². The molecule has 0 saturated heterocycles. The molecule has 0 saturated carbocycles. The van der Waals surface area contributed by atoms with E-state index in [1.807, 2.05) is 38.1 Å². The SMILES string of the molecule is Cc1nc(-c2coc3ccccc23)ncc1C(C)N. The molecule has 3 rings (SSSR count). The minimum Gasteiger partial charge on any atom is -0.464 e. The molecule has 1 aromatic carbocycles. The largest absolute Gasteiger partial charge is 0.464 e. The van der Waals surface area contributed by atoms with Gasteiger partial charge in [-0.15, -0.1) is 0 Å². The summed E-state index contributed by atoms with van der Waals surface area (Å²) in [7, 11) is 0. The maximum atomic E-state index is 5.88. The molecule has 0 fully saturated rings. The maximum Gasteiger partial charge on any atom is 0.163 e. The molecule has 2 N–H and O–H groups in total. The molecule has 3 aromatic rings. The van der Waals surface area contributed by atoms with Crippen LogP contribution in [0.4, 0.5) is 0 Å². The van der Waals surface area contributed by atoms with Crippen molar-refractivity contribution in [3.05, 3.63) is 48.0 Å². The zero-order valence-electron chi connectivity index (χ0n) is 10.9. The fraction of sp³-hybridized carbons (Fsp3) is 0.200. The molecule has 1 unspecified atom stereocenters. The van der Waals surface area contributed by atoms with Crippen LogP contribution in [0.2, 0.25) is 0 Å². The van der Waals surface area contributed by atoms with Crippen LogP contribution < -0.4 is 5.73 Å². The highest BCUT2D eigenvalue weighted by Crippen LogP contribution is 2.28. The minimum atomic E-state index is -0.0601. The monoisotopic (exact) mass is 253 g/mol. The average Bonchev–Trinajstić information content (AvgIpc) is 2.82. The van der Waals surface area contributed by atoms with E-state index in [9.17, 15) is 0 Å². The highest BCUT2D eigenvalue weighted by atomic mass is 16.3. The first kappa shape index (κ1) is 11.9. The van der Waals surface area contributed by atoms with Gasteiger partial charge in [0, 0.05) is 28.9 Å². The second kappa shape index (κ2) is 4.48. The standard InChI is InChI=1S/C15H15N3O/c1-9(16)12-7-17-15(18-10(12)2)13-8-19-14-6-4-3-5-11(13)14/h3-9H,16H2,1-2H3. The zero-order valence-corrected chi connectivity index (χ0v) is 10.9. The van der Waals surface area contributed by atoms with Gasteiger partial charge in [0.2, 0.25) is 0 Å². The first-order valence-electron chi connectivity index (χ1n) is 6.22. The predicted molar refractivity (Wildman–Crippen MR) is 74.6 cm³/mol. The van der Waals surface area contributed by atoms with Crippen molar-refractivity contribution in [3.8, 4) is 11.4 Å². The van der Waals surface area contributed by atoms with Gasteiger partial charge in [-0.1, -0.05) is 18.2 Å². The zero-order chi connectivity index (χ0) is 13.4. The highest BCUT2D eigenvalue weighted by molar-refractivity contribution is 5.91. The number of para-hydroxylation sites is 1. The van der Waals surface area contributed by atoms with Gasteiger partial charge in [-0.3, -0.25) is 0 Å². The second-order valence-corrected chi connectivity index (χ2v) is 4.67. The molecule has 0 aliphatic carbocycles. The number of benzene rings is 1. The Morgan fingerprint density at radius 3 is 2.79 bits per heavy atom. The van der Waals surface area contributed by atoms with E-state index < -0.39 is 0 Å². The highest BCUT2D eigenvalue weighted by Gasteiger charge is 2.12. The van der Waals surface area contributed by atoms with Crippen LogP contribution in [0.15, 0.2) is 41.1 Å². The summed E-state index contributed by atoms with van der Waals surface area (Å²) in [4.78, 5) is 8.94. The van der Waals surface area contributed by atoms with Crippen molar-refractivity contribution in [1.82, 2.24) is 9.97 Å². The molecule has 2 aromatic heterocycles. The van der Waals surface area contributed by atoms with Crippen LogP contribution in [-0.2, 0) is 0 Å². The van der Waals surface area contributed by atoms with E-state index >= 15 is 0 Å². The predicted octanol–water partition coefficient (Wildman–Crippen LogP) is 3.22. The molecule has 0 bridgehead atoms. The molecule has 1 atom stereocenters. The Labute approximate surface area is 111 Å². The Morgan fingerprint density at radius 2 is 2.05 bits per heavy atom. The minimum absolute atomic E-state index is 0.0601. The van der Waals surface area contributed by atoms with Crippen LogP contribution >= 0.6 is 0 Å². The molecule has 96 valence electrons. The lowest BCUT2D eigenvalue weighted by Crippen LogP contribution is -2.09. The van der Waals surface area contributed by atoms with Crippen LogP contribution in [0.5, 0.6) is 0 Å². The van der Waals surface area contributed by atoms with E-state index in [4.69, 9.17) is 10.2 Å². The molecule has 0 spiro atoms. The first-order chi connectivity index (χ1) is 9.16. The Balaban J connectivity index is 2.14. The van der Waals surface area contributed by atoms with Crippen LogP contribution in [0.25, 0.3) is 22.4 Å². The summed E-state index contributed by atoms with van der Waals surface area (Å²) in [6.45, 7) is 3.88. The van der Waals surface area contributed by atoms with Crippen molar-refractivity contribution in [2.24, 2.45) is 5.73 Å². The van der Waals surface area contributed by atoms with Gasteiger partial charge in [0.25, 0.3) is 0 Å². The van der Waals surface area contributed by atoms with E-state index in [2.05, 4.69) is 9.97 Å². The smallest absolute Gasteiger partial charge is 0.163 e. The molecule has 0 radical (unpaired) electrons. The fourth-order valence-corrected chi connectivity index (χ4v) is 2.20. The summed E-state index contributed by atoms with van der Waals surface area (Å²) < 4.78 is 5.52. The number of hydrogen-bond donors (Lipinski definition) is 1. The van der Waals surface area contributed by atoms with Crippen molar-refractivity contribution < 1.29 is 4.42 Å². The van der Waals surface area contributed by atoms with Crippen LogP contribution in [0.3, 0.4) is 0 Å². The topological polar surface area (TPSA) is 64.9 Å². The Morgan fingerprint density at radius 1 is 1.26 bits per heavy atom. The van der Waals surface area contributed by atoms with E-state index in [0.717, 1.165) is 27.8 Å². The van der Waals surface area contributed by atoms with E-state index in [-0.39, 0.29) is 6.04 Å². The molecular weight excluding hydrogens is 238 g/mol. The molecular formula is C15H15N3O. The molecule has 4 heteroatoms. The summed E-state index contributed by atoms with van der Waals surface area (Å²) in [5, 5.41) is 1.02. The summed E-state index contributed by atoms with van der Waals surface area (Å²) in [5.74, 6) is 0.673. The van der Waals surface area contributed by atoms with Crippen molar-refractivity contribution in [2.75, 3.05) is 0 Å². The van der Waals surface area contributed by atoms with Crippen molar-refractivity contribution in [2.45, 2.75) is 19.9 Å². The van der Waals surface area contributed by atoms with Crippen molar-refractivity contribution >= 4 is 11.0 Å². The number of nitrogens with zero attached hydrogens (tertiary/aromatic N) is 2. The van der Waals surface area contributed by atoms with Gasteiger partial charge >= 0.3 is 0 Å². The lowest BCUT2D eigenvalue weighted by molar-refractivity contribution is 0.616. The number of hydrogen-bond acceptors (Lipinski definition) is 4. The molecule has 4 nitrogen and oxygen atoms in total. The lowest BCUT2D eigenvalue weighted by Gasteiger charge is -2.09. The van der Waals surface area contributed by atoms with Crippen LogP contribution in [-0.4, -0.2) is 9.97 Å². The van der Waals surface area contributed by atoms with Gasteiger partial charge in [-0.2, -0.15) is 0 Å². The summed E-state index contributed by atoms with van der Waals surface area (Å²) >= 11 is 0. The third kappa shape index (κ3) is 2.00. The summed E-state index contributed by atoms with van der Waals surface area (Å²) in [5.41, 5.74) is 9.51. The number of aryl methyl sites for hydroxylation is 1. The number of furan rings is 1. The summed E-state index contributed by atoms with van der Waals surface area (Å²) in [6.07, 6.45) is 3.50. The second-order valence-electron chi connectivity index (χ2n) is 4.67. The van der Waals surface area contributed by atoms with E-state index in [1.165, 1.54) is 0 Å². The van der Waals surface area contributed by atoms with E-state index in [1.54, 1.807) is 12.5 Å². The van der Waals surface area contributed by atoms with Crippen LogP contribution in [0.1, 0.15) is 24.2 Å². The number of nitrogens with two attached hydrogens (primary N) is 1. The average molecular weight is 253 g/mol. The third-order valence-corrected chi connectivity index (χ3v) is 3.23. The van der Waals surface area contributed by atoms with Gasteiger partial charge in [0.05, 0.1) is 5.56 Å². The first-order valence-corrected chi connectivity index (χ1v) is 6.22. The number of aromatic nitrogens is 2. The van der Waals surface area contributed by atoms with Gasteiger partial charge < -0.3 is 10.2 Å². The fourth-order valence-electron chi connectivity index (χ4n) is 2.20. The van der Waals surface area contributed by atoms with Gasteiger partial charge in [-0.25, -0.2) is 9.97 Å². The molecule has 0 aliphatic heterocycles. The Bertz CT molecular complexity index is 731. The number of rotatable bonds is 2. The Kier molecular flexibility index (Phi) is 2.80. The summed E-state index contributed by atoms with van der Waals surface area (Å²) in [6, 6.07) is 7.80. The van der Waals surface area contributed by atoms with Crippen LogP contribution in [0, 0.1) is 6.92 Å². The quantitative estimate of drug-likeness (QED) is 0.761. The molecule has 19 heavy (non-hydrogen) atoms.